The van der Waals surface area contributed by atoms with Gasteiger partial charge in [-0.15, -0.1) is 0 Å². The van der Waals surface area contributed by atoms with Gasteiger partial charge in [0.25, 0.3) is 0 Å². The number of hydrogen-bond donors (Lipinski definition) is 0. The summed E-state index contributed by atoms with van der Waals surface area (Å²) in [5, 5.41) is -1.85. The van der Waals surface area contributed by atoms with E-state index in [0.29, 0.717) is 0 Å². The van der Waals surface area contributed by atoms with Gasteiger partial charge in [0, 0.05) is 0 Å². The summed E-state index contributed by atoms with van der Waals surface area (Å²) in [6.45, 7) is 10.9. The Kier molecular flexibility index (Phi) is 9.09. The first kappa shape index (κ1) is 20.9. The zero-order chi connectivity index (χ0) is 17.2. The van der Waals surface area contributed by atoms with Crippen LogP contribution in [0.4, 0.5) is 0 Å². The van der Waals surface area contributed by atoms with E-state index in [-0.39, 0.29) is 0 Å². The SMILES string of the molecule is C=Cc1cccc(CP(Br)(CCCC)(CCCC)CCCC)c1. The molecule has 0 fully saturated rings. The molecule has 0 nitrogen and oxygen atoms in total. The van der Waals surface area contributed by atoms with Crippen LogP contribution in [-0.2, 0) is 6.16 Å². The molecule has 0 spiro atoms. The van der Waals surface area contributed by atoms with Crippen LogP contribution in [0.5, 0.6) is 0 Å². The summed E-state index contributed by atoms with van der Waals surface area (Å²) >= 11 is 4.48. The molecule has 0 amide bonds. The second-order valence-corrected chi connectivity index (χ2v) is 18.5. The standard InChI is InChI=1S/C21H36BrP/c1-5-9-15-23(22,16-10-6-2,17-11-7-3)19-21-14-12-13-20(8-4)18-21/h8,12-14,18H,4-7,9-11,15-17,19H2,1-3H3. The molecule has 0 N–H and O–H groups in total. The fourth-order valence-electron chi connectivity index (χ4n) is 3.51. The second kappa shape index (κ2) is 10.00. The van der Waals surface area contributed by atoms with Crippen molar-refractivity contribution in [2.24, 2.45) is 0 Å². The molecular weight excluding hydrogens is 363 g/mol. The molecule has 0 aliphatic carbocycles. The fraction of sp³-hybridized carbons (Fsp3) is 0.619. The Morgan fingerprint density at radius 2 is 1.48 bits per heavy atom. The minimum absolute atomic E-state index is 1.25. The molecule has 1 aromatic carbocycles. The first-order valence-corrected chi connectivity index (χ1v) is 14.4. The number of unbranched alkanes of at least 4 members (excludes halogenated alkanes) is 3. The van der Waals surface area contributed by atoms with Gasteiger partial charge in [-0.05, 0) is 0 Å². The normalized spacial score (nSPS) is 13.5. The van der Waals surface area contributed by atoms with Gasteiger partial charge in [0.2, 0.25) is 0 Å². The summed E-state index contributed by atoms with van der Waals surface area (Å²) in [4.78, 5) is 0. The van der Waals surface area contributed by atoms with Crippen LogP contribution in [0.2, 0.25) is 0 Å². The van der Waals surface area contributed by atoms with Crippen molar-refractivity contribution in [1.29, 1.82) is 0 Å². The molecule has 0 aliphatic heterocycles. The van der Waals surface area contributed by atoms with Crippen LogP contribution in [0.15, 0.2) is 30.8 Å². The van der Waals surface area contributed by atoms with E-state index in [4.69, 9.17) is 0 Å². The molecule has 0 unspecified atom stereocenters. The van der Waals surface area contributed by atoms with E-state index in [1.54, 1.807) is 0 Å². The average Bonchev–Trinajstić information content (AvgIpc) is 2.57. The van der Waals surface area contributed by atoms with Crippen LogP contribution in [0.1, 0.15) is 70.4 Å². The van der Waals surface area contributed by atoms with Gasteiger partial charge in [0.15, 0.2) is 0 Å². The summed E-state index contributed by atoms with van der Waals surface area (Å²) in [6, 6.07) is 9.02. The monoisotopic (exact) mass is 398 g/mol. The first-order valence-electron chi connectivity index (χ1n) is 9.43. The zero-order valence-corrected chi connectivity index (χ0v) is 18.0. The van der Waals surface area contributed by atoms with Crippen molar-refractivity contribution in [3.05, 3.63) is 42.0 Å². The van der Waals surface area contributed by atoms with E-state index in [0.717, 1.165) is 0 Å². The van der Waals surface area contributed by atoms with E-state index in [1.807, 2.05) is 6.08 Å². The van der Waals surface area contributed by atoms with Crippen molar-refractivity contribution in [3.8, 4) is 0 Å². The van der Waals surface area contributed by atoms with Crippen LogP contribution in [0.25, 0.3) is 6.08 Å². The number of rotatable bonds is 12. The molecular formula is C21H36BrP. The Hall–Kier alpha value is -0.130. The Morgan fingerprint density at radius 1 is 0.957 bits per heavy atom. The Bertz CT molecular complexity index is 456. The minimum atomic E-state index is -1.85. The Labute approximate surface area is 152 Å². The van der Waals surface area contributed by atoms with Gasteiger partial charge in [0.05, 0.1) is 0 Å². The molecule has 0 aliphatic rings. The first-order chi connectivity index (χ1) is 11.0. The quantitative estimate of drug-likeness (QED) is 0.312. The number of hydrogen-bond acceptors (Lipinski definition) is 0. The van der Waals surface area contributed by atoms with Gasteiger partial charge >= 0.3 is 153 Å². The van der Waals surface area contributed by atoms with Crippen LogP contribution in [0.3, 0.4) is 0 Å². The van der Waals surface area contributed by atoms with Gasteiger partial charge < -0.3 is 0 Å². The summed E-state index contributed by atoms with van der Waals surface area (Å²) in [7, 11) is 0. The van der Waals surface area contributed by atoms with Crippen LogP contribution < -0.4 is 0 Å². The summed E-state index contributed by atoms with van der Waals surface area (Å²) in [5.41, 5.74) is 2.75. The van der Waals surface area contributed by atoms with Gasteiger partial charge in [-0.2, -0.15) is 0 Å². The second-order valence-electron chi connectivity index (χ2n) is 7.16. The summed E-state index contributed by atoms with van der Waals surface area (Å²) in [5.74, 6) is 0. The van der Waals surface area contributed by atoms with Crippen LogP contribution in [-0.4, -0.2) is 18.5 Å². The van der Waals surface area contributed by atoms with E-state index in [1.165, 1.54) is 74.3 Å². The van der Waals surface area contributed by atoms with Crippen molar-refractivity contribution in [2.75, 3.05) is 18.5 Å². The fourth-order valence-corrected chi connectivity index (χ4v) is 12.2. The van der Waals surface area contributed by atoms with E-state index in [9.17, 15) is 0 Å². The average molecular weight is 399 g/mol. The predicted molar refractivity (Wildman–Crippen MR) is 115 cm³/mol. The van der Waals surface area contributed by atoms with Crippen molar-refractivity contribution in [2.45, 2.75) is 65.5 Å². The van der Waals surface area contributed by atoms with Crippen molar-refractivity contribution in [1.82, 2.24) is 0 Å². The maximum atomic E-state index is 4.48. The number of benzene rings is 1. The van der Waals surface area contributed by atoms with Gasteiger partial charge in [-0.25, -0.2) is 0 Å². The molecule has 0 saturated heterocycles. The Morgan fingerprint density at radius 3 is 1.91 bits per heavy atom. The third kappa shape index (κ3) is 6.71. The van der Waals surface area contributed by atoms with Crippen molar-refractivity contribution >= 4 is 26.9 Å². The third-order valence-electron chi connectivity index (χ3n) is 4.98. The molecule has 1 rings (SSSR count). The van der Waals surface area contributed by atoms with Crippen LogP contribution in [0, 0.1) is 0 Å². The molecule has 0 radical (unpaired) electrons. The Balaban J connectivity index is 3.13. The summed E-state index contributed by atoms with van der Waals surface area (Å²) in [6.07, 6.45) is 15.4. The zero-order valence-electron chi connectivity index (χ0n) is 15.5. The molecule has 0 bridgehead atoms. The van der Waals surface area contributed by atoms with E-state index < -0.39 is 5.31 Å². The topological polar surface area (TPSA) is 0 Å². The van der Waals surface area contributed by atoms with E-state index in [2.05, 4.69) is 67.1 Å². The molecule has 132 valence electrons. The molecule has 0 atom stereocenters. The number of halogens is 1. The van der Waals surface area contributed by atoms with Gasteiger partial charge in [-0.3, -0.25) is 0 Å². The molecule has 0 heterocycles. The molecule has 0 saturated carbocycles. The van der Waals surface area contributed by atoms with Gasteiger partial charge in [-0.1, -0.05) is 0 Å². The van der Waals surface area contributed by atoms with Gasteiger partial charge in [0.1, 0.15) is 0 Å². The third-order valence-corrected chi connectivity index (χ3v) is 14.4. The van der Waals surface area contributed by atoms with Crippen molar-refractivity contribution < 1.29 is 0 Å². The summed E-state index contributed by atoms with van der Waals surface area (Å²) < 4.78 is 0. The molecule has 1 aromatic rings. The molecule has 0 aromatic heterocycles. The predicted octanol–water partition coefficient (Wildman–Crippen LogP) is 8.09. The van der Waals surface area contributed by atoms with E-state index >= 15 is 0 Å². The van der Waals surface area contributed by atoms with Crippen molar-refractivity contribution in [3.63, 3.8) is 0 Å². The van der Waals surface area contributed by atoms with Crippen LogP contribution >= 0.6 is 20.8 Å². The maximum absolute atomic E-state index is 4.48. The molecule has 2 heteroatoms. The molecule has 23 heavy (non-hydrogen) atoms.